The second-order valence-electron chi connectivity index (χ2n) is 4.08. The van der Waals surface area contributed by atoms with E-state index in [1.165, 1.54) is 11.3 Å². The summed E-state index contributed by atoms with van der Waals surface area (Å²) >= 11 is 1.50. The smallest absolute Gasteiger partial charge is 0.174 e. The molecule has 4 heteroatoms. The van der Waals surface area contributed by atoms with Gasteiger partial charge in [-0.05, 0) is 23.6 Å². The van der Waals surface area contributed by atoms with E-state index in [0.717, 1.165) is 15.9 Å². The average Bonchev–Trinajstić information content (AvgIpc) is 3.06. The number of nitrogens with zero attached hydrogens (tertiary/aromatic N) is 2. The molecule has 1 aromatic carbocycles. The SMILES string of the molecule is O=C(CCn1cnc2ccccc21)c1cccs1. The molecular formula is C14H12N2OS. The largest absolute Gasteiger partial charge is 0.330 e. The Morgan fingerprint density at radius 3 is 2.94 bits per heavy atom. The Hall–Kier alpha value is -1.94. The molecule has 0 saturated carbocycles. The first-order valence-corrected chi connectivity index (χ1v) is 6.69. The summed E-state index contributed by atoms with van der Waals surface area (Å²) in [5, 5.41) is 1.93. The van der Waals surface area contributed by atoms with Crippen LogP contribution in [0, 0.1) is 0 Å². The van der Waals surface area contributed by atoms with Crippen LogP contribution in [0.25, 0.3) is 11.0 Å². The number of ketones is 1. The lowest BCUT2D eigenvalue weighted by atomic mass is 10.2. The molecule has 18 heavy (non-hydrogen) atoms. The third-order valence-electron chi connectivity index (χ3n) is 2.90. The van der Waals surface area contributed by atoms with Crippen LogP contribution in [0.4, 0.5) is 0 Å². The van der Waals surface area contributed by atoms with Crippen molar-refractivity contribution in [1.82, 2.24) is 9.55 Å². The maximum atomic E-state index is 11.9. The molecule has 3 aromatic rings. The summed E-state index contributed by atoms with van der Waals surface area (Å²) in [5.74, 6) is 0.197. The van der Waals surface area contributed by atoms with E-state index in [0.29, 0.717) is 13.0 Å². The number of thiophene rings is 1. The number of aromatic nitrogens is 2. The number of imidazole rings is 1. The van der Waals surface area contributed by atoms with Gasteiger partial charge >= 0.3 is 0 Å². The summed E-state index contributed by atoms with van der Waals surface area (Å²) < 4.78 is 2.03. The van der Waals surface area contributed by atoms with Crippen molar-refractivity contribution >= 4 is 28.2 Å². The Kier molecular flexibility index (Phi) is 2.94. The highest BCUT2D eigenvalue weighted by Gasteiger charge is 2.08. The summed E-state index contributed by atoms with van der Waals surface area (Å²) in [6.07, 6.45) is 2.31. The van der Waals surface area contributed by atoms with E-state index in [9.17, 15) is 4.79 Å². The number of Topliss-reactive ketones (excluding diaryl/α,β-unsaturated/α-hetero) is 1. The topological polar surface area (TPSA) is 34.9 Å². The molecule has 0 atom stereocenters. The monoisotopic (exact) mass is 256 g/mol. The molecule has 2 heterocycles. The number of fused-ring (bicyclic) bond motifs is 1. The molecule has 0 amide bonds. The minimum absolute atomic E-state index is 0.197. The van der Waals surface area contributed by atoms with Gasteiger partial charge in [-0.15, -0.1) is 11.3 Å². The summed E-state index contributed by atoms with van der Waals surface area (Å²) in [6, 6.07) is 11.7. The van der Waals surface area contributed by atoms with E-state index in [4.69, 9.17) is 0 Å². The predicted octanol–water partition coefficient (Wildman–Crippen LogP) is 3.37. The first kappa shape index (κ1) is 11.2. The molecule has 0 aliphatic heterocycles. The van der Waals surface area contributed by atoms with E-state index in [-0.39, 0.29) is 5.78 Å². The number of carbonyl (C=O) groups excluding carboxylic acids is 1. The van der Waals surface area contributed by atoms with E-state index >= 15 is 0 Å². The fourth-order valence-corrected chi connectivity index (χ4v) is 2.67. The van der Waals surface area contributed by atoms with Crippen molar-refractivity contribution < 1.29 is 4.79 Å². The molecule has 2 aromatic heterocycles. The van der Waals surface area contributed by atoms with Crippen LogP contribution in [-0.2, 0) is 6.54 Å². The van der Waals surface area contributed by atoms with Crippen molar-refractivity contribution in [3.8, 4) is 0 Å². The van der Waals surface area contributed by atoms with Gasteiger partial charge in [0.05, 0.1) is 22.2 Å². The van der Waals surface area contributed by atoms with Crippen LogP contribution in [0.3, 0.4) is 0 Å². The third-order valence-corrected chi connectivity index (χ3v) is 3.81. The van der Waals surface area contributed by atoms with Crippen LogP contribution < -0.4 is 0 Å². The lowest BCUT2D eigenvalue weighted by Gasteiger charge is -2.02. The van der Waals surface area contributed by atoms with Gasteiger partial charge in [-0.2, -0.15) is 0 Å². The highest BCUT2D eigenvalue weighted by molar-refractivity contribution is 7.12. The minimum Gasteiger partial charge on any atom is -0.330 e. The van der Waals surface area contributed by atoms with E-state index in [1.54, 1.807) is 6.33 Å². The zero-order valence-corrected chi connectivity index (χ0v) is 10.6. The molecule has 0 unspecified atom stereocenters. The summed E-state index contributed by atoms with van der Waals surface area (Å²) in [5.41, 5.74) is 2.05. The van der Waals surface area contributed by atoms with Gasteiger partial charge in [-0.3, -0.25) is 4.79 Å². The van der Waals surface area contributed by atoms with Gasteiger partial charge in [0.15, 0.2) is 5.78 Å². The van der Waals surface area contributed by atoms with Crippen molar-refractivity contribution in [2.75, 3.05) is 0 Å². The number of benzene rings is 1. The molecular weight excluding hydrogens is 244 g/mol. The highest BCUT2D eigenvalue weighted by atomic mass is 32.1. The summed E-state index contributed by atoms with van der Waals surface area (Å²) in [7, 11) is 0. The fraction of sp³-hybridized carbons (Fsp3) is 0.143. The van der Waals surface area contributed by atoms with Crippen molar-refractivity contribution in [1.29, 1.82) is 0 Å². The Balaban J connectivity index is 1.76. The zero-order chi connectivity index (χ0) is 12.4. The number of hydrogen-bond acceptors (Lipinski definition) is 3. The van der Waals surface area contributed by atoms with Crippen LogP contribution in [0.15, 0.2) is 48.1 Å². The number of hydrogen-bond donors (Lipinski definition) is 0. The second-order valence-corrected chi connectivity index (χ2v) is 5.02. The maximum absolute atomic E-state index is 11.9. The normalized spacial score (nSPS) is 10.9. The predicted molar refractivity (Wildman–Crippen MR) is 73.0 cm³/mol. The van der Waals surface area contributed by atoms with Gasteiger partial charge in [-0.25, -0.2) is 4.98 Å². The second kappa shape index (κ2) is 4.74. The Labute approximate surface area is 109 Å². The fourth-order valence-electron chi connectivity index (χ4n) is 1.97. The first-order valence-electron chi connectivity index (χ1n) is 5.81. The molecule has 0 saturated heterocycles. The Bertz CT molecular complexity index is 670. The molecule has 0 N–H and O–H groups in total. The van der Waals surface area contributed by atoms with Gasteiger partial charge in [0.1, 0.15) is 0 Å². The molecule has 0 aliphatic carbocycles. The van der Waals surface area contributed by atoms with Crippen molar-refractivity contribution in [3.63, 3.8) is 0 Å². The molecule has 3 nitrogen and oxygen atoms in total. The number of aryl methyl sites for hydroxylation is 1. The van der Waals surface area contributed by atoms with Gasteiger partial charge < -0.3 is 4.57 Å². The minimum atomic E-state index is 0.197. The lowest BCUT2D eigenvalue weighted by Crippen LogP contribution is -2.03. The molecule has 0 bridgehead atoms. The summed E-state index contributed by atoms with van der Waals surface area (Å²) in [6.45, 7) is 0.678. The molecule has 3 rings (SSSR count). The van der Waals surface area contributed by atoms with Crippen molar-refractivity contribution in [2.24, 2.45) is 0 Å². The van der Waals surface area contributed by atoms with E-state index in [2.05, 4.69) is 4.98 Å². The number of rotatable bonds is 4. The molecule has 90 valence electrons. The van der Waals surface area contributed by atoms with Gasteiger partial charge in [0.25, 0.3) is 0 Å². The molecule has 0 fully saturated rings. The van der Waals surface area contributed by atoms with Crippen LogP contribution in [0.5, 0.6) is 0 Å². The quantitative estimate of drug-likeness (QED) is 0.671. The maximum Gasteiger partial charge on any atom is 0.174 e. The molecule has 0 spiro atoms. The van der Waals surface area contributed by atoms with Gasteiger partial charge in [0.2, 0.25) is 0 Å². The zero-order valence-electron chi connectivity index (χ0n) is 9.74. The van der Waals surface area contributed by atoms with Crippen LogP contribution in [0.2, 0.25) is 0 Å². The molecule has 0 aliphatic rings. The standard InChI is InChI=1S/C14H12N2OS/c17-13(14-6-3-9-18-14)7-8-16-10-15-11-4-1-2-5-12(11)16/h1-6,9-10H,7-8H2. The average molecular weight is 256 g/mol. The van der Waals surface area contributed by atoms with Crippen LogP contribution in [0.1, 0.15) is 16.1 Å². The van der Waals surface area contributed by atoms with Crippen LogP contribution in [-0.4, -0.2) is 15.3 Å². The third kappa shape index (κ3) is 2.07. The number of para-hydroxylation sites is 2. The van der Waals surface area contributed by atoms with Crippen molar-refractivity contribution in [2.45, 2.75) is 13.0 Å². The van der Waals surface area contributed by atoms with Crippen molar-refractivity contribution in [3.05, 3.63) is 53.0 Å². The Morgan fingerprint density at radius 1 is 1.22 bits per heavy atom. The van der Waals surface area contributed by atoms with Gasteiger partial charge in [0, 0.05) is 13.0 Å². The Morgan fingerprint density at radius 2 is 2.11 bits per heavy atom. The number of carbonyl (C=O) groups is 1. The first-order chi connectivity index (χ1) is 8.84. The van der Waals surface area contributed by atoms with E-state index in [1.807, 2.05) is 46.3 Å². The molecule has 0 radical (unpaired) electrons. The van der Waals surface area contributed by atoms with Gasteiger partial charge in [-0.1, -0.05) is 18.2 Å². The summed E-state index contributed by atoms with van der Waals surface area (Å²) in [4.78, 5) is 17.1. The van der Waals surface area contributed by atoms with Crippen LogP contribution >= 0.6 is 11.3 Å². The van der Waals surface area contributed by atoms with E-state index < -0.39 is 0 Å². The highest BCUT2D eigenvalue weighted by Crippen LogP contribution is 2.15. The lowest BCUT2D eigenvalue weighted by molar-refractivity contribution is 0.0981.